The number of aromatic nitrogens is 1. The summed E-state index contributed by atoms with van der Waals surface area (Å²) in [4.78, 5) is 27.3. The van der Waals surface area contributed by atoms with Gasteiger partial charge in [-0.25, -0.2) is 9.18 Å². The predicted octanol–water partition coefficient (Wildman–Crippen LogP) is 5.45. The second-order valence-electron chi connectivity index (χ2n) is 6.47. The standard InChI is InChI=1S/C20H18ClF4NO5/c1-5-29-19(28)16-17(31-10(4)27)12(8-26-18(16)20(23,24)25)11-6-15(30-9(2)3)13(21)7-14(11)22/h6-9H,5H2,1-4H3. The van der Waals surface area contributed by atoms with Crippen LogP contribution < -0.4 is 9.47 Å². The minimum Gasteiger partial charge on any atom is -0.489 e. The highest BCUT2D eigenvalue weighted by Gasteiger charge is 2.41. The van der Waals surface area contributed by atoms with Crippen LogP contribution in [-0.4, -0.2) is 29.6 Å². The van der Waals surface area contributed by atoms with Crippen LogP contribution in [0.4, 0.5) is 17.6 Å². The average molecular weight is 464 g/mol. The molecular formula is C20H18ClF4NO5. The first-order valence-electron chi connectivity index (χ1n) is 8.98. The van der Waals surface area contributed by atoms with Crippen LogP contribution >= 0.6 is 11.6 Å². The Morgan fingerprint density at radius 3 is 2.35 bits per heavy atom. The largest absolute Gasteiger partial charge is 0.489 e. The number of halogens is 5. The molecule has 11 heteroatoms. The van der Waals surface area contributed by atoms with Crippen LogP contribution in [-0.2, 0) is 15.7 Å². The van der Waals surface area contributed by atoms with Gasteiger partial charge in [0.2, 0.25) is 0 Å². The van der Waals surface area contributed by atoms with Crippen LogP contribution in [0.3, 0.4) is 0 Å². The maximum absolute atomic E-state index is 14.7. The van der Waals surface area contributed by atoms with Gasteiger partial charge in [-0.3, -0.25) is 9.78 Å². The second-order valence-corrected chi connectivity index (χ2v) is 6.87. The molecule has 0 radical (unpaired) electrons. The summed E-state index contributed by atoms with van der Waals surface area (Å²) >= 11 is 5.98. The molecule has 0 atom stereocenters. The van der Waals surface area contributed by atoms with E-state index in [9.17, 15) is 27.2 Å². The van der Waals surface area contributed by atoms with Crippen molar-refractivity contribution in [1.82, 2.24) is 4.98 Å². The highest BCUT2D eigenvalue weighted by atomic mass is 35.5. The number of ether oxygens (including phenoxy) is 3. The first-order chi connectivity index (χ1) is 14.4. The fraction of sp³-hybridized carbons (Fsp3) is 0.350. The van der Waals surface area contributed by atoms with Crippen molar-refractivity contribution < 1.29 is 41.4 Å². The molecule has 2 aromatic rings. The van der Waals surface area contributed by atoms with Crippen molar-refractivity contribution in [2.24, 2.45) is 0 Å². The van der Waals surface area contributed by atoms with Gasteiger partial charge < -0.3 is 14.2 Å². The molecule has 0 unspecified atom stereocenters. The van der Waals surface area contributed by atoms with Gasteiger partial charge >= 0.3 is 18.1 Å². The Balaban J connectivity index is 2.89. The summed E-state index contributed by atoms with van der Waals surface area (Å²) in [6, 6.07) is 2.00. The Kier molecular flexibility index (Phi) is 7.48. The third-order valence-corrected chi connectivity index (χ3v) is 3.99. The summed E-state index contributed by atoms with van der Waals surface area (Å²) in [6.45, 7) is 5.40. The zero-order chi connectivity index (χ0) is 23.5. The van der Waals surface area contributed by atoms with Gasteiger partial charge in [-0.2, -0.15) is 13.2 Å². The molecule has 1 aromatic heterocycles. The molecule has 0 saturated heterocycles. The van der Waals surface area contributed by atoms with E-state index in [1.54, 1.807) is 13.8 Å². The number of carbonyl (C=O) groups excluding carboxylic acids is 2. The zero-order valence-electron chi connectivity index (χ0n) is 16.9. The lowest BCUT2D eigenvalue weighted by atomic mass is 10.0. The van der Waals surface area contributed by atoms with Gasteiger partial charge in [0.25, 0.3) is 0 Å². The molecule has 0 bridgehead atoms. The highest BCUT2D eigenvalue weighted by molar-refractivity contribution is 6.32. The molecule has 168 valence electrons. The Labute approximate surface area is 180 Å². The summed E-state index contributed by atoms with van der Waals surface area (Å²) in [7, 11) is 0. The van der Waals surface area contributed by atoms with Crippen LogP contribution in [0.5, 0.6) is 11.5 Å². The molecule has 0 saturated carbocycles. The van der Waals surface area contributed by atoms with E-state index in [4.69, 9.17) is 25.8 Å². The lowest BCUT2D eigenvalue weighted by Crippen LogP contribution is -2.20. The molecule has 2 rings (SSSR count). The van der Waals surface area contributed by atoms with E-state index in [1.807, 2.05) is 0 Å². The van der Waals surface area contributed by atoms with Gasteiger partial charge in [-0.05, 0) is 32.9 Å². The third kappa shape index (κ3) is 5.63. The van der Waals surface area contributed by atoms with Crippen molar-refractivity contribution in [1.29, 1.82) is 0 Å². The van der Waals surface area contributed by atoms with E-state index in [1.165, 1.54) is 6.92 Å². The smallest absolute Gasteiger partial charge is 0.434 e. The molecule has 0 aliphatic rings. The molecule has 31 heavy (non-hydrogen) atoms. The molecule has 1 aromatic carbocycles. The maximum Gasteiger partial charge on any atom is 0.434 e. The van der Waals surface area contributed by atoms with E-state index in [-0.39, 0.29) is 29.0 Å². The number of hydrogen-bond acceptors (Lipinski definition) is 6. The Hall–Kier alpha value is -2.88. The van der Waals surface area contributed by atoms with Crippen molar-refractivity contribution in [3.8, 4) is 22.6 Å². The molecule has 0 amide bonds. The lowest BCUT2D eigenvalue weighted by molar-refractivity contribution is -0.142. The van der Waals surface area contributed by atoms with E-state index in [2.05, 4.69) is 4.98 Å². The van der Waals surface area contributed by atoms with Crippen LogP contribution in [0.2, 0.25) is 5.02 Å². The molecule has 6 nitrogen and oxygen atoms in total. The molecule has 0 N–H and O–H groups in total. The maximum atomic E-state index is 14.7. The summed E-state index contributed by atoms with van der Waals surface area (Å²) in [5.74, 6) is -4.26. The highest BCUT2D eigenvalue weighted by Crippen LogP contribution is 2.43. The van der Waals surface area contributed by atoms with Crippen LogP contribution in [0.1, 0.15) is 43.7 Å². The van der Waals surface area contributed by atoms with Crippen molar-refractivity contribution in [2.75, 3.05) is 6.61 Å². The van der Waals surface area contributed by atoms with E-state index in [0.29, 0.717) is 6.20 Å². The molecule has 0 spiro atoms. The van der Waals surface area contributed by atoms with Crippen molar-refractivity contribution in [3.05, 3.63) is 40.4 Å². The van der Waals surface area contributed by atoms with Crippen LogP contribution in [0.15, 0.2) is 18.3 Å². The predicted molar refractivity (Wildman–Crippen MR) is 103 cm³/mol. The number of carbonyl (C=O) groups is 2. The van der Waals surface area contributed by atoms with Gasteiger partial charge in [0.05, 0.1) is 17.7 Å². The Morgan fingerprint density at radius 1 is 1.19 bits per heavy atom. The average Bonchev–Trinajstić information content (AvgIpc) is 2.62. The number of hydrogen-bond donors (Lipinski definition) is 0. The monoisotopic (exact) mass is 463 g/mol. The quantitative estimate of drug-likeness (QED) is 0.419. The Morgan fingerprint density at radius 2 is 1.84 bits per heavy atom. The Bertz CT molecular complexity index is 1010. The third-order valence-electron chi connectivity index (χ3n) is 3.70. The first-order valence-corrected chi connectivity index (χ1v) is 9.36. The fourth-order valence-corrected chi connectivity index (χ4v) is 2.82. The van der Waals surface area contributed by atoms with Crippen molar-refractivity contribution >= 4 is 23.5 Å². The van der Waals surface area contributed by atoms with Crippen LogP contribution in [0, 0.1) is 5.82 Å². The summed E-state index contributed by atoms with van der Waals surface area (Å²) in [5.41, 5.74) is -3.53. The van der Waals surface area contributed by atoms with Gasteiger partial charge in [0.15, 0.2) is 11.4 Å². The molecule has 0 aliphatic heterocycles. The minimum atomic E-state index is -5.08. The molecular weight excluding hydrogens is 446 g/mol. The van der Waals surface area contributed by atoms with Crippen molar-refractivity contribution in [2.45, 2.75) is 40.0 Å². The van der Waals surface area contributed by atoms with Gasteiger partial charge in [-0.15, -0.1) is 0 Å². The minimum absolute atomic E-state index is 0.0272. The fourth-order valence-electron chi connectivity index (χ4n) is 2.62. The zero-order valence-corrected chi connectivity index (χ0v) is 17.7. The number of esters is 2. The number of alkyl halides is 3. The summed E-state index contributed by atoms with van der Waals surface area (Å²) in [5, 5.41) is -0.0885. The van der Waals surface area contributed by atoms with Crippen LogP contribution in [0.25, 0.3) is 11.1 Å². The number of pyridine rings is 1. The summed E-state index contributed by atoms with van der Waals surface area (Å²) < 4.78 is 70.4. The second kappa shape index (κ2) is 9.51. The molecule has 0 aliphatic carbocycles. The topological polar surface area (TPSA) is 74.7 Å². The van der Waals surface area contributed by atoms with Gasteiger partial charge in [0.1, 0.15) is 17.1 Å². The van der Waals surface area contributed by atoms with E-state index < -0.39 is 46.5 Å². The van der Waals surface area contributed by atoms with E-state index in [0.717, 1.165) is 19.1 Å². The van der Waals surface area contributed by atoms with E-state index >= 15 is 0 Å². The molecule has 0 fully saturated rings. The molecule has 1 heterocycles. The number of nitrogens with zero attached hydrogens (tertiary/aromatic N) is 1. The number of rotatable bonds is 6. The van der Waals surface area contributed by atoms with Gasteiger partial charge in [0, 0.05) is 24.2 Å². The first kappa shape index (κ1) is 24.4. The summed E-state index contributed by atoms with van der Waals surface area (Å²) in [6.07, 6.45) is -4.79. The lowest BCUT2D eigenvalue weighted by Gasteiger charge is -2.19. The van der Waals surface area contributed by atoms with Crippen molar-refractivity contribution in [3.63, 3.8) is 0 Å². The number of benzene rings is 1. The SMILES string of the molecule is CCOC(=O)c1c(C(F)(F)F)ncc(-c2cc(OC(C)C)c(Cl)cc2F)c1OC(C)=O. The normalized spacial score (nSPS) is 11.4. The van der Waals surface area contributed by atoms with Gasteiger partial charge in [-0.1, -0.05) is 11.6 Å².